The lowest BCUT2D eigenvalue weighted by molar-refractivity contribution is -0.113. The van der Waals surface area contributed by atoms with Crippen molar-refractivity contribution in [1.82, 2.24) is 0 Å². The van der Waals surface area contributed by atoms with Crippen LogP contribution in [-0.4, -0.2) is 12.9 Å². The molecule has 15 heavy (non-hydrogen) atoms. The molecule has 1 aromatic carbocycles. The predicted molar refractivity (Wildman–Crippen MR) is 55.2 cm³/mol. The van der Waals surface area contributed by atoms with Crippen molar-refractivity contribution in [3.05, 3.63) is 35.7 Å². The summed E-state index contributed by atoms with van der Waals surface area (Å²) < 4.78 is 18.6. The molecular weight excluding hydrogens is 195 g/mol. The van der Waals surface area contributed by atoms with E-state index in [1.807, 2.05) is 0 Å². The number of carbonyl (C=O) groups is 1. The molecule has 0 spiro atoms. The van der Waals surface area contributed by atoms with Gasteiger partial charge in [0.05, 0.1) is 7.11 Å². The van der Waals surface area contributed by atoms with E-state index in [0.717, 1.165) is 0 Å². The van der Waals surface area contributed by atoms with Crippen LogP contribution in [0.4, 0.5) is 4.39 Å². The molecule has 0 saturated carbocycles. The Balaban J connectivity index is 2.49. The second-order valence-corrected chi connectivity index (χ2v) is 3.40. The molecule has 0 amide bonds. The van der Waals surface area contributed by atoms with E-state index in [1.54, 1.807) is 24.3 Å². The average Bonchev–Trinajstić information content (AvgIpc) is 2.65. The van der Waals surface area contributed by atoms with Crippen molar-refractivity contribution < 1.29 is 13.9 Å². The zero-order valence-corrected chi connectivity index (χ0v) is 8.42. The number of benzene rings is 1. The van der Waals surface area contributed by atoms with Crippen molar-refractivity contribution in [3.8, 4) is 5.75 Å². The fourth-order valence-electron chi connectivity index (χ4n) is 1.73. The van der Waals surface area contributed by atoms with Gasteiger partial charge in [0.1, 0.15) is 0 Å². The van der Waals surface area contributed by atoms with E-state index >= 15 is 0 Å². The number of ketones is 1. The van der Waals surface area contributed by atoms with Gasteiger partial charge in [0.25, 0.3) is 0 Å². The van der Waals surface area contributed by atoms with Gasteiger partial charge in [0.2, 0.25) is 0 Å². The molecule has 1 aromatic rings. The maximum atomic E-state index is 13.8. The molecule has 0 heterocycles. The number of Topliss-reactive ketones (excluding diaryl/α,β-unsaturated/α-hetero) is 1. The smallest absolute Gasteiger partial charge is 0.172 e. The Hall–Kier alpha value is -1.64. The summed E-state index contributed by atoms with van der Waals surface area (Å²) in [5.41, 5.74) is 0.822. The van der Waals surface area contributed by atoms with Crippen LogP contribution in [0.1, 0.15) is 18.4 Å². The van der Waals surface area contributed by atoms with Gasteiger partial charge in [0.15, 0.2) is 17.3 Å². The van der Waals surface area contributed by atoms with E-state index in [1.165, 1.54) is 7.11 Å². The molecule has 0 aromatic heterocycles. The van der Waals surface area contributed by atoms with Crippen LogP contribution in [-0.2, 0) is 4.79 Å². The van der Waals surface area contributed by atoms with Crippen LogP contribution >= 0.6 is 0 Å². The third kappa shape index (κ3) is 1.65. The highest BCUT2D eigenvalue weighted by Gasteiger charge is 2.21. The first kappa shape index (κ1) is 9.90. The van der Waals surface area contributed by atoms with E-state index in [2.05, 4.69) is 0 Å². The molecule has 0 fully saturated rings. The van der Waals surface area contributed by atoms with Crippen LogP contribution in [0.3, 0.4) is 0 Å². The molecule has 0 aliphatic heterocycles. The van der Waals surface area contributed by atoms with Crippen molar-refractivity contribution in [2.45, 2.75) is 12.8 Å². The van der Waals surface area contributed by atoms with Crippen molar-refractivity contribution in [1.29, 1.82) is 0 Å². The van der Waals surface area contributed by atoms with Gasteiger partial charge in [-0.1, -0.05) is 18.2 Å². The van der Waals surface area contributed by atoms with Crippen molar-refractivity contribution in [3.63, 3.8) is 0 Å². The van der Waals surface area contributed by atoms with Gasteiger partial charge in [-0.25, -0.2) is 4.39 Å². The summed E-state index contributed by atoms with van der Waals surface area (Å²) in [5.74, 6) is -0.281. The number of halogens is 1. The summed E-state index contributed by atoms with van der Waals surface area (Å²) in [7, 11) is 1.41. The minimum Gasteiger partial charge on any atom is -0.494 e. The molecular formula is C12H11FO2. The molecule has 0 N–H and O–H groups in total. The molecule has 0 atom stereocenters. The van der Waals surface area contributed by atoms with Crippen LogP contribution in [0.2, 0.25) is 0 Å². The summed E-state index contributed by atoms with van der Waals surface area (Å²) in [5, 5.41) is 0. The molecule has 0 radical (unpaired) electrons. The number of carbonyl (C=O) groups excluding carboxylic acids is 1. The van der Waals surface area contributed by atoms with Gasteiger partial charge < -0.3 is 4.74 Å². The van der Waals surface area contributed by atoms with Crippen LogP contribution < -0.4 is 4.74 Å². The first-order valence-corrected chi connectivity index (χ1v) is 4.80. The number of rotatable bonds is 2. The Morgan fingerprint density at radius 1 is 1.40 bits per heavy atom. The van der Waals surface area contributed by atoms with Crippen LogP contribution in [0, 0.1) is 5.82 Å². The fourth-order valence-corrected chi connectivity index (χ4v) is 1.73. The number of ether oxygens (including phenoxy) is 1. The summed E-state index contributed by atoms with van der Waals surface area (Å²) in [6.07, 6.45) is 2.96. The number of hydrogen-bond donors (Lipinski definition) is 0. The maximum Gasteiger partial charge on any atom is 0.172 e. The van der Waals surface area contributed by atoms with Crippen LogP contribution in [0.15, 0.2) is 24.3 Å². The molecule has 1 aliphatic rings. The zero-order chi connectivity index (χ0) is 10.8. The van der Waals surface area contributed by atoms with Crippen molar-refractivity contribution >= 4 is 11.4 Å². The van der Waals surface area contributed by atoms with Gasteiger partial charge in [-0.05, 0) is 12.5 Å². The van der Waals surface area contributed by atoms with E-state index < -0.39 is 5.82 Å². The quantitative estimate of drug-likeness (QED) is 0.743. The minimum atomic E-state index is -0.457. The highest BCUT2D eigenvalue weighted by molar-refractivity contribution is 6.22. The second-order valence-electron chi connectivity index (χ2n) is 3.40. The van der Waals surface area contributed by atoms with E-state index in [9.17, 15) is 9.18 Å². The monoisotopic (exact) mass is 206 g/mol. The van der Waals surface area contributed by atoms with Gasteiger partial charge in [-0.2, -0.15) is 0 Å². The lowest BCUT2D eigenvalue weighted by Gasteiger charge is -2.07. The van der Waals surface area contributed by atoms with Crippen molar-refractivity contribution in [2.75, 3.05) is 7.11 Å². The molecule has 0 saturated heterocycles. The molecule has 0 unspecified atom stereocenters. The molecule has 2 rings (SSSR count). The summed E-state index contributed by atoms with van der Waals surface area (Å²) in [6.45, 7) is 0. The molecule has 2 nitrogen and oxygen atoms in total. The third-order valence-corrected chi connectivity index (χ3v) is 2.49. The van der Waals surface area contributed by atoms with Gasteiger partial charge in [-0.3, -0.25) is 4.79 Å². The Morgan fingerprint density at radius 3 is 2.80 bits per heavy atom. The zero-order valence-electron chi connectivity index (χ0n) is 8.42. The van der Waals surface area contributed by atoms with Gasteiger partial charge in [-0.15, -0.1) is 0 Å². The first-order valence-electron chi connectivity index (χ1n) is 4.80. The topological polar surface area (TPSA) is 26.3 Å². The number of allylic oxidation sites excluding steroid dienone is 2. The third-order valence-electron chi connectivity index (χ3n) is 2.49. The molecule has 3 heteroatoms. The Bertz CT molecular complexity index is 435. The highest BCUT2D eigenvalue weighted by Crippen LogP contribution is 2.30. The largest absolute Gasteiger partial charge is 0.494 e. The Kier molecular flexibility index (Phi) is 2.54. The second kappa shape index (κ2) is 3.85. The van der Waals surface area contributed by atoms with Gasteiger partial charge in [0, 0.05) is 17.6 Å². The summed E-state index contributed by atoms with van der Waals surface area (Å²) >= 11 is 0. The highest BCUT2D eigenvalue weighted by atomic mass is 19.1. The SMILES string of the molecule is COc1cccc(C2=CCCC2=O)c1F. The van der Waals surface area contributed by atoms with Crippen LogP contribution in [0.25, 0.3) is 5.57 Å². The Morgan fingerprint density at radius 2 is 2.20 bits per heavy atom. The van der Waals surface area contributed by atoms with Crippen molar-refractivity contribution in [2.24, 2.45) is 0 Å². The lowest BCUT2D eigenvalue weighted by atomic mass is 10.0. The van der Waals surface area contributed by atoms with Gasteiger partial charge >= 0.3 is 0 Å². The van der Waals surface area contributed by atoms with E-state index in [0.29, 0.717) is 24.0 Å². The normalized spacial score (nSPS) is 15.3. The average molecular weight is 206 g/mol. The number of methoxy groups -OCH3 is 1. The fraction of sp³-hybridized carbons (Fsp3) is 0.250. The lowest BCUT2D eigenvalue weighted by Crippen LogP contribution is -1.99. The number of hydrogen-bond acceptors (Lipinski definition) is 2. The van der Waals surface area contributed by atoms with Crippen LogP contribution in [0.5, 0.6) is 5.75 Å². The summed E-state index contributed by atoms with van der Waals surface area (Å²) in [6, 6.07) is 4.83. The summed E-state index contributed by atoms with van der Waals surface area (Å²) in [4.78, 5) is 11.5. The first-order chi connectivity index (χ1) is 7.24. The predicted octanol–water partition coefficient (Wildman–Crippen LogP) is 2.58. The standard InChI is InChI=1S/C12H11FO2/c1-15-11-7-3-5-9(12(11)13)8-4-2-6-10(8)14/h3-5,7H,2,6H2,1H3. The Labute approximate surface area is 87.4 Å². The minimum absolute atomic E-state index is 0.00199. The molecule has 0 bridgehead atoms. The van der Waals surface area contributed by atoms with E-state index in [-0.39, 0.29) is 11.5 Å². The maximum absolute atomic E-state index is 13.8. The molecule has 78 valence electrons. The molecule has 1 aliphatic carbocycles. The van der Waals surface area contributed by atoms with E-state index in [4.69, 9.17) is 4.74 Å².